The van der Waals surface area contributed by atoms with Crippen LogP contribution in [0.3, 0.4) is 0 Å². The Morgan fingerprint density at radius 1 is 1.21 bits per heavy atom. The zero-order chi connectivity index (χ0) is 18.0. The molecule has 24 heavy (non-hydrogen) atoms. The second-order valence-electron chi connectivity index (χ2n) is 6.80. The number of hydrogen-bond acceptors (Lipinski definition) is 5. The molecule has 0 fully saturated rings. The fraction of sp³-hybridized carbons (Fsp3) is 0.368. The van der Waals surface area contributed by atoms with Gasteiger partial charge < -0.3 is 4.74 Å². The van der Waals surface area contributed by atoms with E-state index in [4.69, 9.17) is 9.99 Å². The van der Waals surface area contributed by atoms with E-state index in [9.17, 15) is 9.59 Å². The van der Waals surface area contributed by atoms with Crippen molar-refractivity contribution in [2.45, 2.75) is 38.2 Å². The summed E-state index contributed by atoms with van der Waals surface area (Å²) in [7, 11) is 1.50. The van der Waals surface area contributed by atoms with Gasteiger partial charge in [0.2, 0.25) is 0 Å². The van der Waals surface area contributed by atoms with Crippen LogP contribution in [0.1, 0.15) is 53.5 Å². The molecule has 0 bridgehead atoms. The van der Waals surface area contributed by atoms with Crippen molar-refractivity contribution < 1.29 is 24.5 Å². The van der Waals surface area contributed by atoms with Gasteiger partial charge in [-0.05, 0) is 29.2 Å². The van der Waals surface area contributed by atoms with Gasteiger partial charge in [-0.2, -0.15) is 5.26 Å². The van der Waals surface area contributed by atoms with Gasteiger partial charge in [-0.15, -0.1) is 0 Å². The lowest BCUT2D eigenvalue weighted by Gasteiger charge is -2.29. The van der Waals surface area contributed by atoms with Crippen LogP contribution in [0, 0.1) is 0 Å². The number of allylic oxidation sites excluding steroid dienone is 2. The number of Topliss-reactive ketones (excluding diaryl/α,β-unsaturated/α-hetero) is 1. The van der Waals surface area contributed by atoms with Gasteiger partial charge in [0.05, 0.1) is 5.56 Å². The molecule has 0 radical (unpaired) electrons. The molecule has 1 aliphatic rings. The highest BCUT2D eigenvalue weighted by Crippen LogP contribution is 2.31. The summed E-state index contributed by atoms with van der Waals surface area (Å²) < 4.78 is 5.50. The summed E-state index contributed by atoms with van der Waals surface area (Å²) in [5.41, 5.74) is -0.164. The van der Waals surface area contributed by atoms with Gasteiger partial charge in [-0.3, -0.25) is 9.68 Å². The molecule has 0 heterocycles. The van der Waals surface area contributed by atoms with Gasteiger partial charge in [0, 0.05) is 19.1 Å². The summed E-state index contributed by atoms with van der Waals surface area (Å²) in [5.74, 6) is -1.03. The van der Waals surface area contributed by atoms with Gasteiger partial charge in [-0.1, -0.05) is 45.1 Å². The minimum absolute atomic E-state index is 0.181. The number of rotatable bonds is 4. The number of benzene rings is 1. The molecule has 1 aromatic rings. The van der Waals surface area contributed by atoms with E-state index in [-0.39, 0.29) is 11.3 Å². The second-order valence-corrected chi connectivity index (χ2v) is 6.80. The number of carbonyl (C=O) groups is 2. The van der Waals surface area contributed by atoms with Crippen molar-refractivity contribution in [3.05, 3.63) is 59.2 Å². The van der Waals surface area contributed by atoms with Crippen LogP contribution in [0.5, 0.6) is 0 Å². The summed E-state index contributed by atoms with van der Waals surface area (Å²) in [4.78, 5) is 28.6. The SMILES string of the molecule is COC1(C(=O)c2ccc(C(=O)OO)c(C(C)(C)C)c2)C=CC=CC1. The van der Waals surface area contributed by atoms with E-state index in [1.165, 1.54) is 13.2 Å². The predicted molar refractivity (Wildman–Crippen MR) is 90.2 cm³/mol. The van der Waals surface area contributed by atoms with Crippen molar-refractivity contribution in [2.75, 3.05) is 7.11 Å². The highest BCUT2D eigenvalue weighted by Gasteiger charge is 2.37. The van der Waals surface area contributed by atoms with Crippen LogP contribution in [0.4, 0.5) is 0 Å². The van der Waals surface area contributed by atoms with E-state index >= 15 is 0 Å². The van der Waals surface area contributed by atoms with E-state index < -0.39 is 17.0 Å². The molecule has 0 saturated carbocycles. The quantitative estimate of drug-likeness (QED) is 0.518. The number of methoxy groups -OCH3 is 1. The fourth-order valence-corrected chi connectivity index (χ4v) is 2.79. The van der Waals surface area contributed by atoms with Crippen molar-refractivity contribution in [3.8, 4) is 0 Å². The minimum atomic E-state index is -1.04. The molecule has 1 unspecified atom stereocenters. The Kier molecular flexibility index (Phi) is 5.06. The van der Waals surface area contributed by atoms with Gasteiger partial charge in [0.1, 0.15) is 0 Å². The zero-order valence-corrected chi connectivity index (χ0v) is 14.3. The molecule has 1 aliphatic carbocycles. The molecule has 0 aliphatic heterocycles. The van der Waals surface area contributed by atoms with Gasteiger partial charge in [0.15, 0.2) is 11.4 Å². The molecule has 0 spiro atoms. The lowest BCUT2D eigenvalue weighted by Crippen LogP contribution is -2.39. The maximum absolute atomic E-state index is 13.0. The maximum atomic E-state index is 13.0. The lowest BCUT2D eigenvalue weighted by atomic mass is 9.80. The van der Waals surface area contributed by atoms with Gasteiger partial charge >= 0.3 is 5.97 Å². The van der Waals surface area contributed by atoms with Crippen molar-refractivity contribution in [2.24, 2.45) is 0 Å². The average Bonchev–Trinajstić information content (AvgIpc) is 2.59. The molecule has 0 saturated heterocycles. The van der Waals surface area contributed by atoms with Gasteiger partial charge in [0.25, 0.3) is 0 Å². The van der Waals surface area contributed by atoms with Crippen LogP contribution in [-0.4, -0.2) is 29.7 Å². The zero-order valence-electron chi connectivity index (χ0n) is 14.3. The van der Waals surface area contributed by atoms with Crippen molar-refractivity contribution in [1.82, 2.24) is 0 Å². The Morgan fingerprint density at radius 2 is 1.92 bits per heavy atom. The average molecular weight is 330 g/mol. The first kappa shape index (κ1) is 18.1. The van der Waals surface area contributed by atoms with Crippen LogP contribution in [0.2, 0.25) is 0 Å². The van der Waals surface area contributed by atoms with Crippen LogP contribution in [0.15, 0.2) is 42.5 Å². The molecule has 0 aromatic heterocycles. The lowest BCUT2D eigenvalue weighted by molar-refractivity contribution is -0.182. The monoisotopic (exact) mass is 330 g/mol. The van der Waals surface area contributed by atoms with Crippen LogP contribution in [0.25, 0.3) is 0 Å². The molecular weight excluding hydrogens is 308 g/mol. The van der Waals surface area contributed by atoms with Crippen molar-refractivity contribution >= 4 is 11.8 Å². The number of ketones is 1. The predicted octanol–water partition coefficient (Wildman–Crippen LogP) is 3.70. The van der Waals surface area contributed by atoms with E-state index in [0.717, 1.165) is 0 Å². The highest BCUT2D eigenvalue weighted by atomic mass is 17.1. The summed E-state index contributed by atoms with van der Waals surface area (Å²) in [6, 6.07) is 4.72. The second kappa shape index (κ2) is 6.71. The van der Waals surface area contributed by atoms with Crippen LogP contribution < -0.4 is 0 Å². The Hall–Kier alpha value is -2.24. The summed E-state index contributed by atoms with van der Waals surface area (Å²) >= 11 is 0. The molecule has 5 heteroatoms. The van der Waals surface area contributed by atoms with Crippen molar-refractivity contribution in [1.29, 1.82) is 0 Å². The van der Waals surface area contributed by atoms with Gasteiger partial charge in [-0.25, -0.2) is 4.79 Å². The molecule has 1 aromatic carbocycles. The number of hydrogen-bond donors (Lipinski definition) is 1. The normalized spacial score (nSPS) is 20.0. The Labute approximate surface area is 141 Å². The molecule has 0 amide bonds. The minimum Gasteiger partial charge on any atom is -0.366 e. The standard InChI is InChI=1S/C19H22O5/c1-18(2,3)15-12-13(8-9-14(15)17(21)24-22)16(20)19(23-4)10-6-5-7-11-19/h5-10,12,22H,11H2,1-4H3. The Morgan fingerprint density at radius 3 is 2.42 bits per heavy atom. The van der Waals surface area contributed by atoms with Crippen LogP contribution >= 0.6 is 0 Å². The smallest absolute Gasteiger partial charge is 0.366 e. The highest BCUT2D eigenvalue weighted by molar-refractivity contribution is 6.05. The number of ether oxygens (including phenoxy) is 1. The fourth-order valence-electron chi connectivity index (χ4n) is 2.79. The first-order valence-electron chi connectivity index (χ1n) is 7.70. The maximum Gasteiger partial charge on any atom is 0.373 e. The third-order valence-corrected chi connectivity index (χ3v) is 4.17. The van der Waals surface area contributed by atoms with E-state index in [0.29, 0.717) is 17.5 Å². The molecular formula is C19H22O5. The summed E-state index contributed by atoms with van der Waals surface area (Å²) in [5, 5.41) is 8.69. The van der Waals surface area contributed by atoms with Crippen molar-refractivity contribution in [3.63, 3.8) is 0 Å². The Bertz CT molecular complexity index is 709. The molecule has 1 N–H and O–H groups in total. The third kappa shape index (κ3) is 3.32. The molecule has 128 valence electrons. The topological polar surface area (TPSA) is 72.8 Å². The van der Waals surface area contributed by atoms with E-state index in [2.05, 4.69) is 4.89 Å². The summed E-state index contributed by atoms with van der Waals surface area (Å²) in [6.45, 7) is 5.75. The summed E-state index contributed by atoms with van der Waals surface area (Å²) in [6.07, 6.45) is 7.72. The molecule has 5 nitrogen and oxygen atoms in total. The third-order valence-electron chi connectivity index (χ3n) is 4.17. The largest absolute Gasteiger partial charge is 0.373 e. The van der Waals surface area contributed by atoms with E-state index in [1.54, 1.807) is 24.3 Å². The number of carbonyl (C=O) groups excluding carboxylic acids is 2. The molecule has 1 atom stereocenters. The van der Waals surface area contributed by atoms with E-state index in [1.807, 2.05) is 32.9 Å². The first-order chi connectivity index (χ1) is 11.2. The first-order valence-corrected chi connectivity index (χ1v) is 7.70. The Balaban J connectivity index is 2.52. The van der Waals surface area contributed by atoms with Crippen LogP contribution in [-0.2, 0) is 15.0 Å². The molecule has 2 rings (SSSR count).